The number of carbonyl (C=O) groups excluding carboxylic acids is 2. The Hall–Kier alpha value is -1.92. The molecular weight excluding hydrogens is 947 g/mol. The lowest BCUT2D eigenvalue weighted by atomic mass is 10.0. The monoisotopic (exact) mass is 1080 g/mol. The molecule has 0 radical (unpaired) electrons. The highest BCUT2D eigenvalue weighted by molar-refractivity contribution is 5.76. The van der Waals surface area contributed by atoms with Crippen molar-refractivity contribution in [1.82, 2.24) is 5.32 Å². The zero-order chi connectivity index (χ0) is 55.7. The Morgan fingerprint density at radius 3 is 1.01 bits per heavy atom. The van der Waals surface area contributed by atoms with Crippen molar-refractivity contribution < 1.29 is 24.5 Å². The molecule has 6 heteroatoms. The second-order valence-electron chi connectivity index (χ2n) is 23.9. The number of esters is 1. The van der Waals surface area contributed by atoms with Gasteiger partial charge < -0.3 is 20.3 Å². The number of hydrogen-bond donors (Lipinski definition) is 3. The summed E-state index contributed by atoms with van der Waals surface area (Å²) in [7, 11) is 0. The van der Waals surface area contributed by atoms with E-state index in [1.807, 2.05) is 6.08 Å². The van der Waals surface area contributed by atoms with E-state index in [0.717, 1.165) is 51.4 Å². The summed E-state index contributed by atoms with van der Waals surface area (Å²) in [5.41, 5.74) is 0. The van der Waals surface area contributed by atoms with E-state index in [2.05, 4.69) is 43.5 Å². The van der Waals surface area contributed by atoms with Crippen LogP contribution in [-0.4, -0.2) is 47.4 Å². The van der Waals surface area contributed by atoms with E-state index in [1.54, 1.807) is 6.08 Å². The van der Waals surface area contributed by atoms with Gasteiger partial charge in [0.1, 0.15) is 0 Å². The third kappa shape index (κ3) is 63.1. The molecule has 0 saturated heterocycles. The second-order valence-corrected chi connectivity index (χ2v) is 23.9. The molecule has 0 aromatic carbocycles. The van der Waals surface area contributed by atoms with Crippen molar-refractivity contribution in [3.05, 3.63) is 36.5 Å². The van der Waals surface area contributed by atoms with Gasteiger partial charge in [-0.3, -0.25) is 9.59 Å². The highest BCUT2D eigenvalue weighted by atomic mass is 16.5. The number of nitrogens with one attached hydrogen (secondary N) is 1. The van der Waals surface area contributed by atoms with Gasteiger partial charge in [-0.15, -0.1) is 0 Å². The third-order valence-electron chi connectivity index (χ3n) is 16.2. The van der Waals surface area contributed by atoms with Crippen LogP contribution in [-0.2, 0) is 14.3 Å². The number of aliphatic hydroxyl groups is 2. The minimum atomic E-state index is -0.850. The van der Waals surface area contributed by atoms with E-state index in [4.69, 9.17) is 4.74 Å². The molecule has 454 valence electrons. The fraction of sp³-hybridized carbons (Fsp3) is 0.887. The van der Waals surface area contributed by atoms with Crippen molar-refractivity contribution in [2.24, 2.45) is 0 Å². The first-order valence-electron chi connectivity index (χ1n) is 34.8. The number of hydrogen-bond acceptors (Lipinski definition) is 5. The standard InChI is InChI=1S/C71H135NO5/c1-3-5-7-9-11-13-15-17-19-21-23-24-25-26-27-29-31-35-39-43-47-51-55-59-63-69(74)68(67-73)72-70(75)64-60-56-52-48-44-40-36-32-30-34-38-42-46-50-54-58-62-66-77-71(76)65-61-57-53-49-45-41-37-33-28-22-20-18-16-14-12-10-8-6-4-2/h12,14,18,20,59,63,68-69,73-74H,3-11,13,15-17,19,21-58,60-62,64-67H2,1-2H3,(H,72,75)/b14-12-,20-18-,63-59+. The topological polar surface area (TPSA) is 95.9 Å². The van der Waals surface area contributed by atoms with Gasteiger partial charge >= 0.3 is 5.97 Å². The maximum Gasteiger partial charge on any atom is 0.305 e. The van der Waals surface area contributed by atoms with E-state index in [0.29, 0.717) is 19.4 Å². The largest absolute Gasteiger partial charge is 0.466 e. The molecule has 0 aliphatic heterocycles. The van der Waals surface area contributed by atoms with Gasteiger partial charge in [-0.25, -0.2) is 0 Å². The summed E-state index contributed by atoms with van der Waals surface area (Å²) < 4.78 is 5.50. The molecule has 2 unspecified atom stereocenters. The molecule has 0 aromatic rings. The first-order valence-corrected chi connectivity index (χ1v) is 34.8. The van der Waals surface area contributed by atoms with E-state index in [-0.39, 0.29) is 18.5 Å². The highest BCUT2D eigenvalue weighted by Crippen LogP contribution is 2.18. The predicted octanol–water partition coefficient (Wildman–Crippen LogP) is 22.3. The Morgan fingerprint density at radius 1 is 0.364 bits per heavy atom. The lowest BCUT2D eigenvalue weighted by Crippen LogP contribution is -2.45. The molecular formula is C71H135NO5. The average Bonchev–Trinajstić information content (AvgIpc) is 3.43. The summed E-state index contributed by atoms with van der Waals surface area (Å²) in [6.45, 7) is 4.90. The second kappa shape index (κ2) is 66.6. The summed E-state index contributed by atoms with van der Waals surface area (Å²) >= 11 is 0. The third-order valence-corrected chi connectivity index (χ3v) is 16.2. The summed E-state index contributed by atoms with van der Waals surface area (Å²) in [6.07, 6.45) is 84.9. The Morgan fingerprint density at radius 2 is 0.649 bits per heavy atom. The number of rotatable bonds is 65. The van der Waals surface area contributed by atoms with E-state index in [1.165, 1.54) is 302 Å². The highest BCUT2D eigenvalue weighted by Gasteiger charge is 2.18. The maximum atomic E-state index is 12.5. The van der Waals surface area contributed by atoms with Crippen molar-refractivity contribution in [3.8, 4) is 0 Å². The van der Waals surface area contributed by atoms with Crippen molar-refractivity contribution in [1.29, 1.82) is 0 Å². The molecule has 0 aliphatic carbocycles. The van der Waals surface area contributed by atoms with Crippen LogP contribution in [0.25, 0.3) is 0 Å². The van der Waals surface area contributed by atoms with Crippen molar-refractivity contribution >= 4 is 11.9 Å². The smallest absolute Gasteiger partial charge is 0.305 e. The summed E-state index contributed by atoms with van der Waals surface area (Å²) in [6, 6.07) is -0.634. The fourth-order valence-electron chi connectivity index (χ4n) is 10.8. The van der Waals surface area contributed by atoms with Gasteiger partial charge in [0.15, 0.2) is 0 Å². The Balaban J connectivity index is 3.43. The molecule has 0 aliphatic rings. The Kier molecular flexibility index (Phi) is 64.9. The lowest BCUT2D eigenvalue weighted by molar-refractivity contribution is -0.143. The van der Waals surface area contributed by atoms with Crippen LogP contribution in [0.1, 0.15) is 380 Å². The molecule has 0 rings (SSSR count). The van der Waals surface area contributed by atoms with Crippen LogP contribution in [0.3, 0.4) is 0 Å². The van der Waals surface area contributed by atoms with Gasteiger partial charge in [-0.1, -0.05) is 339 Å². The van der Waals surface area contributed by atoms with Gasteiger partial charge in [-0.05, 0) is 64.2 Å². The molecule has 2 atom stereocenters. The number of amides is 1. The lowest BCUT2D eigenvalue weighted by Gasteiger charge is -2.20. The van der Waals surface area contributed by atoms with Crippen LogP contribution < -0.4 is 5.32 Å². The van der Waals surface area contributed by atoms with Crippen molar-refractivity contribution in [2.45, 2.75) is 392 Å². The van der Waals surface area contributed by atoms with Crippen LogP contribution in [0, 0.1) is 0 Å². The minimum absolute atomic E-state index is 0.00151. The molecule has 0 fully saturated rings. The molecule has 0 saturated carbocycles. The van der Waals surface area contributed by atoms with Crippen LogP contribution in [0.5, 0.6) is 0 Å². The van der Waals surface area contributed by atoms with Crippen molar-refractivity contribution in [3.63, 3.8) is 0 Å². The number of allylic oxidation sites excluding steroid dienone is 5. The van der Waals surface area contributed by atoms with E-state index >= 15 is 0 Å². The first kappa shape index (κ1) is 75.1. The average molecular weight is 1080 g/mol. The number of aliphatic hydroxyl groups excluding tert-OH is 2. The Bertz CT molecular complexity index is 1250. The first-order chi connectivity index (χ1) is 38.0. The molecule has 77 heavy (non-hydrogen) atoms. The zero-order valence-electron chi connectivity index (χ0n) is 52.0. The summed E-state index contributed by atoms with van der Waals surface area (Å²) in [5, 5.41) is 23.3. The molecule has 1 amide bonds. The zero-order valence-corrected chi connectivity index (χ0v) is 52.0. The fourth-order valence-corrected chi connectivity index (χ4v) is 10.8. The molecule has 3 N–H and O–H groups in total. The van der Waals surface area contributed by atoms with E-state index in [9.17, 15) is 19.8 Å². The normalized spacial score (nSPS) is 12.7. The summed E-state index contributed by atoms with van der Waals surface area (Å²) in [5.74, 6) is -0.0680. The predicted molar refractivity (Wildman–Crippen MR) is 338 cm³/mol. The maximum absolute atomic E-state index is 12.5. The van der Waals surface area contributed by atoms with Gasteiger partial charge in [0, 0.05) is 12.8 Å². The SMILES string of the molecule is CCCCC/C=C\C/C=C\CCCCCCCCCCCC(=O)OCCCCCCCCCCCCCCCCCCCC(=O)NC(CO)C(O)/C=C/CCCCCCCCCCCCCCCCCCCCCCCC. The molecule has 0 heterocycles. The minimum Gasteiger partial charge on any atom is -0.466 e. The molecule has 6 nitrogen and oxygen atoms in total. The van der Waals surface area contributed by atoms with Crippen molar-refractivity contribution in [2.75, 3.05) is 13.2 Å². The molecule has 0 bridgehead atoms. The number of ether oxygens (including phenoxy) is 1. The van der Waals surface area contributed by atoms with Crippen LogP contribution in [0.4, 0.5) is 0 Å². The summed E-state index contributed by atoms with van der Waals surface area (Å²) in [4.78, 5) is 24.6. The quantitative estimate of drug-likeness (QED) is 0.0320. The van der Waals surface area contributed by atoms with Crippen LogP contribution >= 0.6 is 0 Å². The molecule has 0 aromatic heterocycles. The van der Waals surface area contributed by atoms with Gasteiger partial charge in [0.2, 0.25) is 5.91 Å². The van der Waals surface area contributed by atoms with Gasteiger partial charge in [0.05, 0.1) is 25.4 Å². The molecule has 0 spiro atoms. The number of carbonyl (C=O) groups is 2. The van der Waals surface area contributed by atoms with Gasteiger partial charge in [-0.2, -0.15) is 0 Å². The van der Waals surface area contributed by atoms with Crippen LogP contribution in [0.15, 0.2) is 36.5 Å². The van der Waals surface area contributed by atoms with Gasteiger partial charge in [0.25, 0.3) is 0 Å². The van der Waals surface area contributed by atoms with E-state index < -0.39 is 12.1 Å². The Labute approximate surface area is 481 Å². The van der Waals surface area contributed by atoms with Crippen LogP contribution in [0.2, 0.25) is 0 Å². The number of unbranched alkanes of at least 4 members (excludes halogenated alkanes) is 50.